The van der Waals surface area contributed by atoms with Crippen molar-refractivity contribution in [2.45, 2.75) is 18.9 Å². The van der Waals surface area contributed by atoms with E-state index in [1.54, 1.807) is 0 Å². The van der Waals surface area contributed by atoms with Crippen LogP contribution in [0.15, 0.2) is 34.2 Å². The zero-order valence-corrected chi connectivity index (χ0v) is 16.0. The van der Waals surface area contributed by atoms with Crippen LogP contribution in [0.1, 0.15) is 18.5 Å². The molecule has 0 spiro atoms. The zero-order chi connectivity index (χ0) is 20.8. The van der Waals surface area contributed by atoms with Crippen LogP contribution in [0.2, 0.25) is 5.02 Å². The molecule has 0 radical (unpaired) electrons. The van der Waals surface area contributed by atoms with Gasteiger partial charge in [0.15, 0.2) is 5.65 Å². The van der Waals surface area contributed by atoms with Crippen molar-refractivity contribution in [2.24, 2.45) is 4.99 Å². The number of hydrogen-bond donors (Lipinski definition) is 4. The van der Waals surface area contributed by atoms with Gasteiger partial charge in [0.25, 0.3) is 5.62 Å². The molecule has 4 N–H and O–H groups in total. The molecule has 0 bridgehead atoms. The van der Waals surface area contributed by atoms with Crippen LogP contribution in [0.3, 0.4) is 0 Å². The minimum absolute atomic E-state index is 0.102. The van der Waals surface area contributed by atoms with Crippen molar-refractivity contribution >= 4 is 35.0 Å². The lowest BCUT2D eigenvalue weighted by atomic mass is 10.3. The van der Waals surface area contributed by atoms with Crippen LogP contribution in [0.4, 0.5) is 16.0 Å². The van der Waals surface area contributed by atoms with Crippen molar-refractivity contribution < 1.29 is 9.50 Å². The number of aromatic amines is 2. The van der Waals surface area contributed by atoms with E-state index in [9.17, 15) is 14.3 Å². The maximum atomic E-state index is 14.2. The summed E-state index contributed by atoms with van der Waals surface area (Å²) in [7, 11) is 0. The van der Waals surface area contributed by atoms with Gasteiger partial charge in [-0.15, -0.1) is 0 Å². The molecule has 10 nitrogen and oxygen atoms in total. The third-order valence-corrected chi connectivity index (χ3v) is 4.67. The fourth-order valence-corrected chi connectivity index (χ4v) is 3.02. The van der Waals surface area contributed by atoms with E-state index in [1.165, 1.54) is 35.0 Å². The molecule has 1 aromatic carbocycles. The molecule has 3 aromatic heterocycles. The van der Waals surface area contributed by atoms with Crippen LogP contribution < -0.4 is 21.8 Å². The summed E-state index contributed by atoms with van der Waals surface area (Å²) in [4.78, 5) is 29.4. The molecule has 0 aliphatic heterocycles. The first-order chi connectivity index (χ1) is 14.5. The molecule has 0 unspecified atom stereocenters. The van der Waals surface area contributed by atoms with E-state index in [-0.39, 0.29) is 29.3 Å². The van der Waals surface area contributed by atoms with Gasteiger partial charge in [0.2, 0.25) is 11.8 Å². The third kappa shape index (κ3) is 3.50. The molecule has 1 saturated carbocycles. The topological polar surface area (TPSA) is 136 Å². The van der Waals surface area contributed by atoms with E-state index in [0.717, 1.165) is 12.8 Å². The first-order valence-electron chi connectivity index (χ1n) is 9.01. The monoisotopic (exact) mass is 428 g/mol. The molecule has 1 aliphatic carbocycles. The van der Waals surface area contributed by atoms with Crippen LogP contribution in [-0.4, -0.2) is 40.7 Å². The number of aromatic nitrogens is 6. The molecule has 30 heavy (non-hydrogen) atoms. The predicted molar refractivity (Wildman–Crippen MR) is 106 cm³/mol. The van der Waals surface area contributed by atoms with E-state index in [1.807, 2.05) is 0 Å². The Bertz CT molecular complexity index is 1450. The van der Waals surface area contributed by atoms with Gasteiger partial charge in [-0.1, -0.05) is 11.6 Å². The van der Waals surface area contributed by atoms with Gasteiger partial charge in [0, 0.05) is 10.2 Å². The fraction of sp³-hybridized carbons (Fsp3) is 0.167. The minimum atomic E-state index is -0.548. The number of hydrogen-bond acceptors (Lipinski definition) is 7. The Kier molecular flexibility index (Phi) is 4.24. The largest absolute Gasteiger partial charge is 0.493 e. The molecule has 5 rings (SSSR count). The minimum Gasteiger partial charge on any atom is -0.493 e. The van der Waals surface area contributed by atoms with Gasteiger partial charge >= 0.3 is 5.69 Å². The number of H-pyrrole nitrogens is 2. The maximum Gasteiger partial charge on any atom is 0.326 e. The molecule has 1 fully saturated rings. The molecule has 0 atom stereocenters. The highest BCUT2D eigenvalue weighted by Crippen LogP contribution is 2.23. The van der Waals surface area contributed by atoms with E-state index in [4.69, 9.17) is 11.6 Å². The lowest BCUT2D eigenvalue weighted by Crippen LogP contribution is -2.24. The van der Waals surface area contributed by atoms with Crippen molar-refractivity contribution in [3.63, 3.8) is 0 Å². The normalized spacial score (nSPS) is 15.3. The second-order valence-corrected chi connectivity index (χ2v) is 7.21. The quantitative estimate of drug-likeness (QED) is 0.382. The van der Waals surface area contributed by atoms with E-state index in [0.29, 0.717) is 21.5 Å². The highest BCUT2D eigenvalue weighted by atomic mass is 35.5. The predicted octanol–water partition coefficient (Wildman–Crippen LogP) is 0.993. The Morgan fingerprint density at radius 3 is 2.90 bits per heavy atom. The van der Waals surface area contributed by atoms with Gasteiger partial charge in [-0.2, -0.15) is 19.6 Å². The molecular formula is C18H14ClFN8O2. The summed E-state index contributed by atoms with van der Waals surface area (Å²) >= 11 is 5.96. The number of anilines is 2. The van der Waals surface area contributed by atoms with Crippen LogP contribution in [-0.2, 0) is 0 Å². The Labute approximate surface area is 171 Å². The lowest BCUT2D eigenvalue weighted by Gasteiger charge is -2.07. The maximum absolute atomic E-state index is 14.2. The van der Waals surface area contributed by atoms with Crippen molar-refractivity contribution in [1.29, 1.82) is 0 Å². The highest BCUT2D eigenvalue weighted by Gasteiger charge is 2.21. The number of fused-ring (bicyclic) bond motifs is 1. The molecule has 1 aliphatic rings. The average molecular weight is 429 g/mol. The molecule has 12 heteroatoms. The number of nitrogens with one attached hydrogen (secondary N) is 3. The molecule has 4 aromatic rings. The number of rotatable bonds is 4. The Morgan fingerprint density at radius 1 is 1.33 bits per heavy atom. The Morgan fingerprint density at radius 2 is 2.17 bits per heavy atom. The van der Waals surface area contributed by atoms with Crippen molar-refractivity contribution in [1.82, 2.24) is 29.5 Å². The number of benzene rings is 1. The summed E-state index contributed by atoms with van der Waals surface area (Å²) in [5.74, 6) is -0.723. The summed E-state index contributed by atoms with van der Waals surface area (Å²) in [6, 6.07) is 4.25. The van der Waals surface area contributed by atoms with Gasteiger partial charge in [-0.3, -0.25) is 4.98 Å². The number of imidazole rings is 1. The SMILES string of the molecule is O=c1[nH]c(O)c(/C=c2/cnn3c(=NC4CC4)nc(Nc4cc(Cl)ccc4F)nc23)[nH]1. The number of aromatic hydroxyl groups is 1. The Hall–Kier alpha value is -3.73. The zero-order valence-electron chi connectivity index (χ0n) is 15.2. The summed E-state index contributed by atoms with van der Waals surface area (Å²) in [6.45, 7) is 0. The van der Waals surface area contributed by atoms with E-state index >= 15 is 0 Å². The van der Waals surface area contributed by atoms with E-state index < -0.39 is 11.5 Å². The second kappa shape index (κ2) is 6.95. The lowest BCUT2D eigenvalue weighted by molar-refractivity contribution is 0.454. The second-order valence-electron chi connectivity index (χ2n) is 6.78. The summed E-state index contributed by atoms with van der Waals surface area (Å²) in [5.41, 5.74) is 0.397. The molecule has 3 heterocycles. The average Bonchev–Trinajstić information content (AvgIpc) is 3.34. The number of nitrogens with zero attached hydrogens (tertiary/aromatic N) is 5. The van der Waals surface area contributed by atoms with Gasteiger partial charge < -0.3 is 15.4 Å². The van der Waals surface area contributed by atoms with Crippen molar-refractivity contribution in [3.05, 3.63) is 62.3 Å². The first-order valence-corrected chi connectivity index (χ1v) is 9.39. The van der Waals surface area contributed by atoms with Gasteiger partial charge in [-0.25, -0.2) is 14.2 Å². The first kappa shape index (κ1) is 18.3. The summed E-state index contributed by atoms with van der Waals surface area (Å²) in [5, 5.41) is 17.8. The standard InChI is InChI=1S/C18H14ClFN8O2/c19-9-1-4-11(20)12(6-9)23-16-25-14-8(5-13-15(29)26-18(30)24-13)7-21-28(14)17(27-16)22-10-2-3-10/h1,4-7,10,29H,2-3H2,(H,22,23,27)(H2,24,26,30)/b8-5-. The molecule has 152 valence electrons. The van der Waals surface area contributed by atoms with Gasteiger partial charge in [-0.05, 0) is 37.1 Å². The van der Waals surface area contributed by atoms with Crippen LogP contribution >= 0.6 is 11.6 Å². The molecule has 0 saturated heterocycles. The third-order valence-electron chi connectivity index (χ3n) is 4.43. The van der Waals surface area contributed by atoms with Gasteiger partial charge in [0.05, 0.1) is 17.9 Å². The number of halogens is 2. The molecular weight excluding hydrogens is 415 g/mol. The van der Waals surface area contributed by atoms with Crippen LogP contribution in [0.25, 0.3) is 11.7 Å². The van der Waals surface area contributed by atoms with Crippen LogP contribution in [0, 0.1) is 5.82 Å². The van der Waals surface area contributed by atoms with Crippen molar-refractivity contribution in [2.75, 3.05) is 5.32 Å². The van der Waals surface area contributed by atoms with Crippen molar-refractivity contribution in [3.8, 4) is 5.88 Å². The summed E-state index contributed by atoms with van der Waals surface area (Å²) in [6.07, 6.45) is 4.92. The smallest absolute Gasteiger partial charge is 0.326 e. The fourth-order valence-electron chi connectivity index (χ4n) is 2.85. The van der Waals surface area contributed by atoms with Crippen LogP contribution in [0.5, 0.6) is 5.88 Å². The summed E-state index contributed by atoms with van der Waals surface area (Å²) < 4.78 is 15.6. The van der Waals surface area contributed by atoms with E-state index in [2.05, 4.69) is 35.3 Å². The Balaban J connectivity index is 1.69. The van der Waals surface area contributed by atoms with Gasteiger partial charge in [0.1, 0.15) is 11.5 Å². The molecule has 0 amide bonds. The highest BCUT2D eigenvalue weighted by molar-refractivity contribution is 6.30.